The number of thiazole rings is 1. The lowest BCUT2D eigenvalue weighted by Gasteiger charge is -2.13. The average molecular weight is 390 g/mol. The van der Waals surface area contributed by atoms with Gasteiger partial charge < -0.3 is 9.88 Å². The van der Waals surface area contributed by atoms with Crippen molar-refractivity contribution in [2.45, 2.75) is 19.3 Å². The molecule has 2 aromatic heterocycles. The fourth-order valence-electron chi connectivity index (χ4n) is 3.11. The average Bonchev–Trinajstić information content (AvgIpc) is 3.38. The SMILES string of the molecule is O=C(c1cc(-c2csc(Cc3ccc(F)c(Cl)c3)n2)c[nH]1)N1CCCC1. The highest BCUT2D eigenvalue weighted by molar-refractivity contribution is 7.10. The first-order valence-corrected chi connectivity index (χ1v) is 9.72. The number of hydrogen-bond acceptors (Lipinski definition) is 3. The van der Waals surface area contributed by atoms with Crippen molar-refractivity contribution in [2.75, 3.05) is 13.1 Å². The van der Waals surface area contributed by atoms with Gasteiger partial charge in [0.15, 0.2) is 0 Å². The first-order chi connectivity index (χ1) is 12.6. The monoisotopic (exact) mass is 389 g/mol. The summed E-state index contributed by atoms with van der Waals surface area (Å²) < 4.78 is 13.3. The fraction of sp³-hybridized carbons (Fsp3) is 0.263. The lowest BCUT2D eigenvalue weighted by atomic mass is 10.1. The largest absolute Gasteiger partial charge is 0.357 e. The third-order valence-corrected chi connectivity index (χ3v) is 5.63. The van der Waals surface area contributed by atoms with Crippen molar-refractivity contribution in [2.24, 2.45) is 0 Å². The number of benzene rings is 1. The predicted molar refractivity (Wildman–Crippen MR) is 101 cm³/mol. The number of halogens is 2. The topological polar surface area (TPSA) is 49.0 Å². The molecule has 0 bridgehead atoms. The third-order valence-electron chi connectivity index (χ3n) is 4.49. The van der Waals surface area contributed by atoms with Gasteiger partial charge in [-0.2, -0.15) is 0 Å². The van der Waals surface area contributed by atoms with Crippen molar-refractivity contribution < 1.29 is 9.18 Å². The number of likely N-dealkylation sites (tertiary alicyclic amines) is 1. The molecule has 1 aliphatic heterocycles. The van der Waals surface area contributed by atoms with Crippen LogP contribution in [0, 0.1) is 5.82 Å². The van der Waals surface area contributed by atoms with Crippen LogP contribution in [0.3, 0.4) is 0 Å². The number of hydrogen-bond donors (Lipinski definition) is 1. The molecule has 4 rings (SSSR count). The van der Waals surface area contributed by atoms with E-state index in [2.05, 4.69) is 9.97 Å². The third kappa shape index (κ3) is 3.52. The number of amides is 1. The Balaban J connectivity index is 1.49. The molecule has 1 N–H and O–H groups in total. The van der Waals surface area contributed by atoms with Gasteiger partial charge in [-0.1, -0.05) is 17.7 Å². The molecule has 3 aromatic rings. The van der Waals surface area contributed by atoms with Crippen molar-refractivity contribution in [3.05, 3.63) is 62.9 Å². The summed E-state index contributed by atoms with van der Waals surface area (Å²) in [5.41, 5.74) is 3.24. The Hall–Kier alpha value is -2.18. The highest BCUT2D eigenvalue weighted by Crippen LogP contribution is 2.26. The molecule has 7 heteroatoms. The Morgan fingerprint density at radius 2 is 2.12 bits per heavy atom. The first-order valence-electron chi connectivity index (χ1n) is 8.46. The van der Waals surface area contributed by atoms with E-state index in [-0.39, 0.29) is 10.9 Å². The molecule has 0 radical (unpaired) electrons. The van der Waals surface area contributed by atoms with Crippen LogP contribution in [0.5, 0.6) is 0 Å². The van der Waals surface area contributed by atoms with Gasteiger partial charge in [-0.15, -0.1) is 11.3 Å². The van der Waals surface area contributed by atoms with Crippen molar-refractivity contribution in [3.8, 4) is 11.3 Å². The second-order valence-corrected chi connectivity index (χ2v) is 7.70. The van der Waals surface area contributed by atoms with Crippen LogP contribution in [0.4, 0.5) is 4.39 Å². The summed E-state index contributed by atoms with van der Waals surface area (Å²) in [6, 6.07) is 6.56. The van der Waals surface area contributed by atoms with Crippen LogP contribution in [-0.4, -0.2) is 33.9 Å². The minimum absolute atomic E-state index is 0.0464. The number of aromatic nitrogens is 2. The van der Waals surface area contributed by atoms with Gasteiger partial charge in [-0.3, -0.25) is 4.79 Å². The number of carbonyl (C=O) groups excluding carboxylic acids is 1. The normalized spacial score (nSPS) is 14.2. The van der Waals surface area contributed by atoms with Crippen molar-refractivity contribution in [3.63, 3.8) is 0 Å². The lowest BCUT2D eigenvalue weighted by molar-refractivity contribution is 0.0788. The maximum Gasteiger partial charge on any atom is 0.270 e. The Morgan fingerprint density at radius 3 is 2.88 bits per heavy atom. The number of aromatic amines is 1. The summed E-state index contributed by atoms with van der Waals surface area (Å²) in [6.07, 6.45) is 4.55. The molecule has 134 valence electrons. The molecule has 4 nitrogen and oxygen atoms in total. The Morgan fingerprint density at radius 1 is 1.31 bits per heavy atom. The molecule has 3 heterocycles. The molecular weight excluding hydrogens is 373 g/mol. The molecule has 1 fully saturated rings. The highest BCUT2D eigenvalue weighted by atomic mass is 35.5. The summed E-state index contributed by atoms with van der Waals surface area (Å²) >= 11 is 7.37. The molecule has 0 atom stereocenters. The van der Waals surface area contributed by atoms with Crippen LogP contribution in [0.25, 0.3) is 11.3 Å². The predicted octanol–water partition coefficient (Wildman–Crippen LogP) is 4.76. The zero-order valence-electron chi connectivity index (χ0n) is 14.0. The van der Waals surface area contributed by atoms with Gasteiger partial charge in [0, 0.05) is 36.7 Å². The maximum atomic E-state index is 13.3. The molecule has 0 unspecified atom stereocenters. The van der Waals surface area contributed by atoms with Crippen molar-refractivity contribution in [1.82, 2.24) is 14.9 Å². The minimum Gasteiger partial charge on any atom is -0.357 e. The van der Waals surface area contributed by atoms with Gasteiger partial charge in [-0.05, 0) is 36.6 Å². The first kappa shape index (κ1) is 17.2. The summed E-state index contributed by atoms with van der Waals surface area (Å²) in [5.74, 6) is -0.372. The number of H-pyrrole nitrogens is 1. The minimum atomic E-state index is -0.419. The van der Waals surface area contributed by atoms with E-state index in [0.29, 0.717) is 12.1 Å². The zero-order valence-corrected chi connectivity index (χ0v) is 15.5. The van der Waals surface area contributed by atoms with Gasteiger partial charge >= 0.3 is 0 Å². The molecule has 0 saturated carbocycles. The molecule has 0 aliphatic carbocycles. The van der Waals surface area contributed by atoms with Gasteiger partial charge in [-0.25, -0.2) is 9.37 Å². The van der Waals surface area contributed by atoms with E-state index >= 15 is 0 Å². The van der Waals surface area contributed by atoms with Crippen LogP contribution < -0.4 is 0 Å². The smallest absolute Gasteiger partial charge is 0.270 e. The van der Waals surface area contributed by atoms with E-state index in [1.165, 1.54) is 17.4 Å². The Kier molecular flexibility index (Phi) is 4.78. The maximum absolute atomic E-state index is 13.3. The van der Waals surface area contributed by atoms with Crippen molar-refractivity contribution in [1.29, 1.82) is 0 Å². The molecule has 26 heavy (non-hydrogen) atoms. The second kappa shape index (κ2) is 7.21. The molecule has 1 aromatic carbocycles. The van der Waals surface area contributed by atoms with Gasteiger partial charge in [0.1, 0.15) is 11.5 Å². The summed E-state index contributed by atoms with van der Waals surface area (Å²) in [4.78, 5) is 22.0. The molecule has 1 amide bonds. The number of nitrogens with one attached hydrogen (secondary N) is 1. The zero-order chi connectivity index (χ0) is 18.1. The fourth-order valence-corrected chi connectivity index (χ4v) is 4.15. The van der Waals surface area contributed by atoms with E-state index in [4.69, 9.17) is 11.6 Å². The Bertz CT molecular complexity index is 946. The quantitative estimate of drug-likeness (QED) is 0.699. The summed E-state index contributed by atoms with van der Waals surface area (Å²) in [7, 11) is 0. The van der Waals surface area contributed by atoms with E-state index < -0.39 is 5.82 Å². The van der Waals surface area contributed by atoms with E-state index in [0.717, 1.165) is 47.8 Å². The van der Waals surface area contributed by atoms with Gasteiger partial charge in [0.2, 0.25) is 0 Å². The van der Waals surface area contributed by atoms with Crippen molar-refractivity contribution >= 4 is 28.8 Å². The second-order valence-electron chi connectivity index (χ2n) is 6.35. The molecular formula is C19H17ClFN3OS. The number of carbonyl (C=O) groups is 1. The van der Waals surface area contributed by atoms with Crippen LogP contribution in [0.2, 0.25) is 5.02 Å². The van der Waals surface area contributed by atoms with E-state index in [1.54, 1.807) is 12.1 Å². The summed E-state index contributed by atoms with van der Waals surface area (Å²) in [6.45, 7) is 1.66. The van der Waals surface area contributed by atoms with Crippen LogP contribution in [-0.2, 0) is 6.42 Å². The molecule has 0 spiro atoms. The Labute approximate surface area is 159 Å². The van der Waals surface area contributed by atoms with E-state index in [1.807, 2.05) is 22.5 Å². The van der Waals surface area contributed by atoms with Gasteiger partial charge in [0.05, 0.1) is 15.7 Å². The van der Waals surface area contributed by atoms with Crippen LogP contribution in [0.15, 0.2) is 35.8 Å². The molecule has 1 aliphatic rings. The highest BCUT2D eigenvalue weighted by Gasteiger charge is 2.21. The van der Waals surface area contributed by atoms with Crippen LogP contribution >= 0.6 is 22.9 Å². The molecule has 1 saturated heterocycles. The number of rotatable bonds is 4. The van der Waals surface area contributed by atoms with E-state index in [9.17, 15) is 9.18 Å². The summed E-state index contributed by atoms with van der Waals surface area (Å²) in [5, 5.41) is 3.00. The standard InChI is InChI=1S/C19H17ClFN3OS/c20-14-7-12(3-4-15(14)21)8-18-23-17(11-26-18)13-9-16(22-10-13)19(25)24-5-1-2-6-24/h3-4,7,9-11,22H,1-2,5-6,8H2. The number of nitrogens with zero attached hydrogens (tertiary/aromatic N) is 2. The van der Waals surface area contributed by atoms with Gasteiger partial charge in [0.25, 0.3) is 5.91 Å². The lowest BCUT2D eigenvalue weighted by Crippen LogP contribution is -2.27. The van der Waals surface area contributed by atoms with Crippen LogP contribution in [0.1, 0.15) is 33.9 Å².